The molecule has 0 spiro atoms. The number of hydrogen-bond donors (Lipinski definition) is 2. The largest absolute Gasteiger partial charge is 0.326 e. The highest BCUT2D eigenvalue weighted by Gasteiger charge is 2.25. The molecule has 0 aliphatic carbocycles. The molecule has 2 aromatic carbocycles. The molecule has 1 aromatic heterocycles. The minimum absolute atomic E-state index is 0.131. The number of benzene rings is 2. The summed E-state index contributed by atoms with van der Waals surface area (Å²) in [7, 11) is 0. The van der Waals surface area contributed by atoms with Crippen LogP contribution in [0.15, 0.2) is 64.4 Å². The van der Waals surface area contributed by atoms with Crippen molar-refractivity contribution in [1.82, 2.24) is 9.55 Å². The Morgan fingerprint density at radius 3 is 2.26 bits per heavy atom. The summed E-state index contributed by atoms with van der Waals surface area (Å²) in [4.78, 5) is 21.9. The molecule has 6 heteroatoms. The smallest absolute Gasteiger partial charge is 0.257 e. The maximum Gasteiger partial charge on any atom is 0.257 e. The first-order valence-electron chi connectivity index (χ1n) is 8.85. The minimum atomic E-state index is -0.476. The molecule has 136 valence electrons. The van der Waals surface area contributed by atoms with E-state index in [1.165, 1.54) is 11.6 Å². The highest BCUT2D eigenvalue weighted by Crippen LogP contribution is 2.26. The van der Waals surface area contributed by atoms with Crippen LogP contribution in [0.2, 0.25) is 0 Å². The first-order valence-corrected chi connectivity index (χ1v) is 8.85. The zero-order chi connectivity index (χ0) is 19.0. The zero-order valence-corrected chi connectivity index (χ0v) is 15.5. The number of aryl methyl sites for hydroxylation is 3. The number of nitrogens with zero attached hydrogens (tertiary/aromatic N) is 3. The Labute approximate surface area is 157 Å². The molecule has 1 aliphatic heterocycles. The fourth-order valence-corrected chi connectivity index (χ4v) is 3.05. The van der Waals surface area contributed by atoms with Crippen LogP contribution in [0.25, 0.3) is 0 Å². The van der Waals surface area contributed by atoms with Crippen LogP contribution in [0.1, 0.15) is 28.6 Å². The SMILES string of the molecule is Cc1ccc(NC2=N[C@@H](c3ccc(C)cc3)n3c(nc(C)cc3=O)N2)cc1. The monoisotopic (exact) mass is 359 g/mol. The van der Waals surface area contributed by atoms with E-state index in [4.69, 9.17) is 4.99 Å². The van der Waals surface area contributed by atoms with Crippen molar-refractivity contribution in [2.24, 2.45) is 4.99 Å². The van der Waals surface area contributed by atoms with Crippen LogP contribution >= 0.6 is 0 Å². The number of anilines is 2. The lowest BCUT2D eigenvalue weighted by Crippen LogP contribution is -2.37. The molecular weight excluding hydrogens is 338 g/mol. The molecule has 6 nitrogen and oxygen atoms in total. The summed E-state index contributed by atoms with van der Waals surface area (Å²) >= 11 is 0. The maximum absolute atomic E-state index is 12.6. The van der Waals surface area contributed by atoms with Crippen molar-refractivity contribution in [3.63, 3.8) is 0 Å². The van der Waals surface area contributed by atoms with E-state index in [1.807, 2.05) is 69.3 Å². The van der Waals surface area contributed by atoms with Gasteiger partial charge < -0.3 is 5.32 Å². The Morgan fingerprint density at radius 2 is 1.59 bits per heavy atom. The van der Waals surface area contributed by atoms with Crippen LogP contribution < -0.4 is 16.2 Å². The number of nitrogens with one attached hydrogen (secondary N) is 2. The van der Waals surface area contributed by atoms with Gasteiger partial charge in [-0.25, -0.2) is 9.98 Å². The van der Waals surface area contributed by atoms with Crippen LogP contribution in [0.3, 0.4) is 0 Å². The second kappa shape index (κ2) is 6.72. The Bertz CT molecular complexity index is 1070. The number of guanidine groups is 1. The van der Waals surface area contributed by atoms with Gasteiger partial charge in [-0.2, -0.15) is 0 Å². The van der Waals surface area contributed by atoms with Crippen molar-refractivity contribution < 1.29 is 0 Å². The molecule has 0 unspecified atom stereocenters. The Morgan fingerprint density at radius 1 is 0.963 bits per heavy atom. The predicted octanol–water partition coefficient (Wildman–Crippen LogP) is 3.61. The van der Waals surface area contributed by atoms with Crippen molar-refractivity contribution in [3.8, 4) is 0 Å². The minimum Gasteiger partial charge on any atom is -0.326 e. The van der Waals surface area contributed by atoms with Gasteiger partial charge in [0, 0.05) is 17.4 Å². The molecule has 2 heterocycles. The first-order chi connectivity index (χ1) is 13.0. The molecule has 1 aliphatic rings. The maximum atomic E-state index is 12.6. The fraction of sp³-hybridized carbons (Fsp3) is 0.190. The van der Waals surface area contributed by atoms with E-state index in [-0.39, 0.29) is 5.56 Å². The van der Waals surface area contributed by atoms with Crippen LogP contribution in [0.5, 0.6) is 0 Å². The summed E-state index contributed by atoms with van der Waals surface area (Å²) in [5.74, 6) is 1.04. The third-order valence-corrected chi connectivity index (χ3v) is 4.50. The van der Waals surface area contributed by atoms with E-state index < -0.39 is 6.17 Å². The highest BCUT2D eigenvalue weighted by molar-refractivity contribution is 6.03. The van der Waals surface area contributed by atoms with Gasteiger partial charge in [0.05, 0.1) is 0 Å². The first kappa shape index (κ1) is 17.0. The predicted molar refractivity (Wildman–Crippen MR) is 108 cm³/mol. The van der Waals surface area contributed by atoms with Crippen molar-refractivity contribution >= 4 is 17.6 Å². The van der Waals surface area contributed by atoms with E-state index in [9.17, 15) is 4.79 Å². The summed E-state index contributed by atoms with van der Waals surface area (Å²) < 4.78 is 1.58. The molecule has 0 radical (unpaired) electrons. The van der Waals surface area contributed by atoms with Crippen LogP contribution in [0.4, 0.5) is 11.6 Å². The summed E-state index contributed by atoms with van der Waals surface area (Å²) in [5, 5.41) is 6.43. The third-order valence-electron chi connectivity index (χ3n) is 4.50. The fourth-order valence-electron chi connectivity index (χ4n) is 3.05. The second-order valence-electron chi connectivity index (χ2n) is 6.81. The number of hydrogen-bond acceptors (Lipinski definition) is 5. The van der Waals surface area contributed by atoms with E-state index in [2.05, 4.69) is 15.6 Å². The molecule has 0 bridgehead atoms. The summed E-state index contributed by atoms with van der Waals surface area (Å²) in [6.45, 7) is 5.89. The lowest BCUT2D eigenvalue weighted by atomic mass is 10.1. The van der Waals surface area contributed by atoms with Gasteiger partial charge in [-0.05, 0) is 38.5 Å². The molecule has 27 heavy (non-hydrogen) atoms. The number of rotatable bonds is 2. The van der Waals surface area contributed by atoms with Crippen LogP contribution in [0, 0.1) is 20.8 Å². The summed E-state index contributed by atoms with van der Waals surface area (Å²) in [6, 6.07) is 17.6. The Kier molecular flexibility index (Phi) is 4.24. The van der Waals surface area contributed by atoms with Gasteiger partial charge in [-0.1, -0.05) is 47.5 Å². The zero-order valence-electron chi connectivity index (χ0n) is 15.5. The standard InChI is InChI=1S/C21H21N5O/c1-13-4-8-16(9-5-13)19-24-20(23-17-10-6-14(2)7-11-17)25-21-22-15(3)12-18(27)26(19)21/h4-12,19H,1-3H3,(H2,22,23,24,25)/t19-/m1/s1. The third kappa shape index (κ3) is 3.46. The van der Waals surface area contributed by atoms with Gasteiger partial charge in [0.15, 0.2) is 6.17 Å². The van der Waals surface area contributed by atoms with Crippen molar-refractivity contribution in [3.05, 3.63) is 87.3 Å². The average Bonchev–Trinajstić information content (AvgIpc) is 2.63. The van der Waals surface area contributed by atoms with Crippen molar-refractivity contribution in [2.45, 2.75) is 26.9 Å². The van der Waals surface area contributed by atoms with E-state index in [0.717, 1.165) is 16.8 Å². The molecule has 0 amide bonds. The quantitative estimate of drug-likeness (QED) is 0.733. The lowest BCUT2D eigenvalue weighted by molar-refractivity contribution is 0.577. The Balaban J connectivity index is 1.78. The normalized spacial score (nSPS) is 15.5. The van der Waals surface area contributed by atoms with Gasteiger partial charge in [0.1, 0.15) is 0 Å². The molecule has 0 saturated carbocycles. The molecule has 0 saturated heterocycles. The van der Waals surface area contributed by atoms with Crippen molar-refractivity contribution in [1.29, 1.82) is 0 Å². The molecule has 3 aromatic rings. The van der Waals surface area contributed by atoms with Gasteiger partial charge in [-0.3, -0.25) is 14.7 Å². The van der Waals surface area contributed by atoms with E-state index in [1.54, 1.807) is 4.57 Å². The lowest BCUT2D eigenvalue weighted by Gasteiger charge is -2.27. The van der Waals surface area contributed by atoms with E-state index >= 15 is 0 Å². The molecule has 1 atom stereocenters. The number of fused-ring (bicyclic) bond motifs is 1. The molecule has 2 N–H and O–H groups in total. The van der Waals surface area contributed by atoms with Gasteiger partial charge in [-0.15, -0.1) is 0 Å². The molecule has 4 rings (SSSR count). The topological polar surface area (TPSA) is 71.3 Å². The second-order valence-corrected chi connectivity index (χ2v) is 6.81. The van der Waals surface area contributed by atoms with Crippen LogP contribution in [-0.4, -0.2) is 15.5 Å². The van der Waals surface area contributed by atoms with Gasteiger partial charge in [0.25, 0.3) is 5.56 Å². The molecular formula is C21H21N5O. The van der Waals surface area contributed by atoms with Gasteiger partial charge in [0.2, 0.25) is 11.9 Å². The summed E-state index contributed by atoms with van der Waals surface area (Å²) in [5.41, 5.74) is 4.72. The van der Waals surface area contributed by atoms with Crippen LogP contribution in [-0.2, 0) is 0 Å². The van der Waals surface area contributed by atoms with Gasteiger partial charge >= 0.3 is 0 Å². The number of aliphatic imine (C=N–C) groups is 1. The van der Waals surface area contributed by atoms with E-state index in [0.29, 0.717) is 17.6 Å². The summed E-state index contributed by atoms with van der Waals surface area (Å²) in [6.07, 6.45) is -0.476. The Hall–Kier alpha value is -3.41. The number of aromatic nitrogens is 2. The molecule has 0 fully saturated rings. The highest BCUT2D eigenvalue weighted by atomic mass is 16.1. The average molecular weight is 359 g/mol. The van der Waals surface area contributed by atoms with Crippen molar-refractivity contribution in [2.75, 3.05) is 10.6 Å².